The third-order valence-electron chi connectivity index (χ3n) is 6.60. The Morgan fingerprint density at radius 2 is 1.57 bits per heavy atom. The summed E-state index contributed by atoms with van der Waals surface area (Å²) in [4.78, 5) is 15.2. The summed E-state index contributed by atoms with van der Waals surface area (Å²) in [5, 5.41) is 3.22. The Balaban J connectivity index is 1.49. The van der Waals surface area contributed by atoms with Crippen LogP contribution in [0.5, 0.6) is 0 Å². The SMILES string of the molecule is CC(C)[C@@H]1CC[C@@H](C)C[C@H]1C(=O)NCc1ccc(CN(C)Cc2ccccc2)cc1. The summed E-state index contributed by atoms with van der Waals surface area (Å²) >= 11 is 0. The number of benzene rings is 2. The summed E-state index contributed by atoms with van der Waals surface area (Å²) < 4.78 is 0. The van der Waals surface area contributed by atoms with Crippen LogP contribution < -0.4 is 5.32 Å². The predicted molar refractivity (Wildman–Crippen MR) is 125 cm³/mol. The summed E-state index contributed by atoms with van der Waals surface area (Å²) in [5.74, 6) is 2.15. The number of hydrogen-bond acceptors (Lipinski definition) is 2. The Kier molecular flexibility index (Phi) is 8.09. The van der Waals surface area contributed by atoms with Gasteiger partial charge < -0.3 is 5.32 Å². The highest BCUT2D eigenvalue weighted by atomic mass is 16.1. The number of carbonyl (C=O) groups excluding carboxylic acids is 1. The summed E-state index contributed by atoms with van der Waals surface area (Å²) in [7, 11) is 2.15. The van der Waals surface area contributed by atoms with Gasteiger partial charge in [0, 0.05) is 25.6 Å². The van der Waals surface area contributed by atoms with Gasteiger partial charge in [0.05, 0.1) is 0 Å². The van der Waals surface area contributed by atoms with Gasteiger partial charge in [-0.15, -0.1) is 0 Å². The number of hydrogen-bond donors (Lipinski definition) is 1. The highest BCUT2D eigenvalue weighted by Gasteiger charge is 2.35. The van der Waals surface area contributed by atoms with Crippen molar-refractivity contribution in [3.8, 4) is 0 Å². The van der Waals surface area contributed by atoms with Gasteiger partial charge in [-0.05, 0) is 54.3 Å². The Bertz CT molecular complexity index is 784. The van der Waals surface area contributed by atoms with Gasteiger partial charge in [0.1, 0.15) is 0 Å². The number of nitrogens with zero attached hydrogens (tertiary/aromatic N) is 1. The molecule has 1 amide bonds. The average Bonchev–Trinajstić information content (AvgIpc) is 2.73. The van der Waals surface area contributed by atoms with Gasteiger partial charge in [0.2, 0.25) is 5.91 Å². The molecule has 0 saturated heterocycles. The van der Waals surface area contributed by atoms with Crippen molar-refractivity contribution in [1.82, 2.24) is 10.2 Å². The molecular weight excluding hydrogens is 368 g/mol. The first-order valence-corrected chi connectivity index (χ1v) is 11.5. The smallest absolute Gasteiger partial charge is 0.223 e. The standard InChI is InChI=1S/C27H38N2O/c1-20(2)25-15-10-21(3)16-26(25)27(30)28-17-22-11-13-24(14-12-22)19-29(4)18-23-8-6-5-7-9-23/h5-9,11-14,20-21,25-26H,10,15-19H2,1-4H3,(H,28,30)/t21-,25+,26-/m1/s1. The summed E-state index contributed by atoms with van der Waals surface area (Å²) in [6.07, 6.45) is 3.47. The van der Waals surface area contributed by atoms with Gasteiger partial charge in [-0.25, -0.2) is 0 Å². The zero-order chi connectivity index (χ0) is 21.5. The fourth-order valence-electron chi connectivity index (χ4n) is 4.85. The zero-order valence-corrected chi connectivity index (χ0v) is 19.1. The lowest BCUT2D eigenvalue weighted by atomic mass is 9.70. The maximum Gasteiger partial charge on any atom is 0.223 e. The molecule has 3 rings (SSSR count). The molecule has 0 aliphatic heterocycles. The molecule has 3 atom stereocenters. The molecule has 0 aromatic heterocycles. The first-order chi connectivity index (χ1) is 14.4. The van der Waals surface area contributed by atoms with Gasteiger partial charge in [-0.2, -0.15) is 0 Å². The molecule has 1 N–H and O–H groups in total. The van der Waals surface area contributed by atoms with E-state index in [4.69, 9.17) is 0 Å². The van der Waals surface area contributed by atoms with E-state index in [1.165, 1.54) is 29.5 Å². The second-order valence-electron chi connectivity index (χ2n) is 9.62. The van der Waals surface area contributed by atoms with E-state index in [9.17, 15) is 4.79 Å². The second-order valence-corrected chi connectivity index (χ2v) is 9.62. The van der Waals surface area contributed by atoms with Gasteiger partial charge in [0.15, 0.2) is 0 Å². The lowest BCUT2D eigenvalue weighted by molar-refractivity contribution is -0.129. The van der Waals surface area contributed by atoms with Crippen molar-refractivity contribution in [2.45, 2.75) is 59.7 Å². The van der Waals surface area contributed by atoms with Crippen molar-refractivity contribution in [3.05, 3.63) is 71.3 Å². The van der Waals surface area contributed by atoms with E-state index in [1.807, 2.05) is 0 Å². The van der Waals surface area contributed by atoms with E-state index < -0.39 is 0 Å². The number of nitrogens with one attached hydrogen (secondary N) is 1. The first-order valence-electron chi connectivity index (χ1n) is 11.5. The second kappa shape index (κ2) is 10.8. The van der Waals surface area contributed by atoms with Gasteiger partial charge in [-0.1, -0.05) is 81.8 Å². The van der Waals surface area contributed by atoms with E-state index in [0.29, 0.717) is 24.3 Å². The third kappa shape index (κ3) is 6.43. The number of rotatable bonds is 8. The summed E-state index contributed by atoms with van der Waals surface area (Å²) in [6.45, 7) is 9.27. The van der Waals surface area contributed by atoms with Crippen LogP contribution >= 0.6 is 0 Å². The van der Waals surface area contributed by atoms with Crippen LogP contribution in [0, 0.1) is 23.7 Å². The molecule has 0 unspecified atom stereocenters. The van der Waals surface area contributed by atoms with Crippen LogP contribution in [0.3, 0.4) is 0 Å². The lowest BCUT2D eigenvalue weighted by Gasteiger charge is -2.36. The molecule has 30 heavy (non-hydrogen) atoms. The van der Waals surface area contributed by atoms with E-state index in [2.05, 4.69) is 92.6 Å². The minimum atomic E-state index is 0.166. The molecular formula is C27H38N2O. The topological polar surface area (TPSA) is 32.3 Å². The zero-order valence-electron chi connectivity index (χ0n) is 19.1. The first kappa shape index (κ1) is 22.6. The minimum Gasteiger partial charge on any atom is -0.352 e. The van der Waals surface area contributed by atoms with Crippen LogP contribution in [0.1, 0.15) is 56.7 Å². The van der Waals surface area contributed by atoms with E-state index in [1.54, 1.807) is 0 Å². The molecule has 3 heteroatoms. The molecule has 162 valence electrons. The highest BCUT2D eigenvalue weighted by molar-refractivity contribution is 5.79. The Morgan fingerprint density at radius 1 is 0.967 bits per heavy atom. The van der Waals surface area contributed by atoms with Crippen LogP contribution in [0.15, 0.2) is 54.6 Å². The summed E-state index contributed by atoms with van der Waals surface area (Å²) in [6, 6.07) is 19.2. The Hall–Kier alpha value is -2.13. The quantitative estimate of drug-likeness (QED) is 0.615. The van der Waals surface area contributed by atoms with Gasteiger partial charge >= 0.3 is 0 Å². The molecule has 2 aromatic rings. The van der Waals surface area contributed by atoms with E-state index >= 15 is 0 Å². The Labute approximate surface area is 182 Å². The fourth-order valence-corrected chi connectivity index (χ4v) is 4.85. The lowest BCUT2D eigenvalue weighted by Crippen LogP contribution is -2.39. The average molecular weight is 407 g/mol. The predicted octanol–water partition coefficient (Wildman–Crippen LogP) is 5.64. The fraction of sp³-hybridized carbons (Fsp3) is 0.519. The number of carbonyl (C=O) groups is 1. The largest absolute Gasteiger partial charge is 0.352 e. The molecule has 0 spiro atoms. The van der Waals surface area contributed by atoms with Crippen LogP contribution in [0.4, 0.5) is 0 Å². The highest BCUT2D eigenvalue weighted by Crippen LogP contribution is 2.38. The molecule has 1 saturated carbocycles. The molecule has 1 aliphatic carbocycles. The molecule has 1 fully saturated rings. The van der Waals surface area contributed by atoms with Crippen molar-refractivity contribution in [2.24, 2.45) is 23.7 Å². The van der Waals surface area contributed by atoms with Crippen LogP contribution in [-0.2, 0) is 24.4 Å². The summed E-state index contributed by atoms with van der Waals surface area (Å²) in [5.41, 5.74) is 3.79. The van der Waals surface area contributed by atoms with Crippen LogP contribution in [-0.4, -0.2) is 17.9 Å². The van der Waals surface area contributed by atoms with Crippen LogP contribution in [0.25, 0.3) is 0 Å². The third-order valence-corrected chi connectivity index (χ3v) is 6.60. The molecule has 3 nitrogen and oxygen atoms in total. The van der Waals surface area contributed by atoms with Crippen molar-refractivity contribution >= 4 is 5.91 Å². The molecule has 0 bridgehead atoms. The van der Waals surface area contributed by atoms with Crippen molar-refractivity contribution < 1.29 is 4.79 Å². The van der Waals surface area contributed by atoms with Gasteiger partial charge in [-0.3, -0.25) is 9.69 Å². The van der Waals surface area contributed by atoms with Crippen molar-refractivity contribution in [2.75, 3.05) is 7.05 Å². The maximum absolute atomic E-state index is 12.9. The minimum absolute atomic E-state index is 0.166. The number of amides is 1. The van der Waals surface area contributed by atoms with E-state index in [-0.39, 0.29) is 11.8 Å². The molecule has 0 radical (unpaired) electrons. The Morgan fingerprint density at radius 3 is 2.20 bits per heavy atom. The van der Waals surface area contributed by atoms with Crippen molar-refractivity contribution in [3.63, 3.8) is 0 Å². The molecule has 2 aromatic carbocycles. The van der Waals surface area contributed by atoms with Crippen LogP contribution in [0.2, 0.25) is 0 Å². The maximum atomic E-state index is 12.9. The normalized spacial score (nSPS) is 21.7. The molecule has 1 aliphatic rings. The molecule has 0 heterocycles. The van der Waals surface area contributed by atoms with E-state index in [0.717, 1.165) is 19.5 Å². The van der Waals surface area contributed by atoms with Gasteiger partial charge in [0.25, 0.3) is 0 Å². The monoisotopic (exact) mass is 406 g/mol. The van der Waals surface area contributed by atoms with Crippen molar-refractivity contribution in [1.29, 1.82) is 0 Å².